The van der Waals surface area contributed by atoms with E-state index in [1.165, 1.54) is 0 Å². The lowest BCUT2D eigenvalue weighted by Crippen LogP contribution is -2.23. The summed E-state index contributed by atoms with van der Waals surface area (Å²) in [4.78, 5) is 21.0. The molecule has 0 spiro atoms. The van der Waals surface area contributed by atoms with E-state index < -0.39 is 0 Å². The van der Waals surface area contributed by atoms with Gasteiger partial charge >= 0.3 is 0 Å². The Hall–Kier alpha value is -3.81. The molecule has 27 heavy (non-hydrogen) atoms. The Morgan fingerprint density at radius 3 is 2.70 bits per heavy atom. The maximum atomic E-state index is 12.5. The number of hydrogen-bond donors (Lipinski definition) is 1. The van der Waals surface area contributed by atoms with E-state index in [1.54, 1.807) is 48.3 Å². The number of benzene rings is 1. The average Bonchev–Trinajstić information content (AvgIpc) is 3.38. The molecule has 0 radical (unpaired) electrons. The summed E-state index contributed by atoms with van der Waals surface area (Å²) < 4.78 is 6.80. The van der Waals surface area contributed by atoms with Crippen LogP contribution in [-0.4, -0.2) is 30.8 Å². The highest BCUT2D eigenvalue weighted by Gasteiger charge is 2.11. The summed E-state index contributed by atoms with van der Waals surface area (Å²) in [7, 11) is 0. The van der Waals surface area contributed by atoms with Crippen molar-refractivity contribution in [3.8, 4) is 17.3 Å². The van der Waals surface area contributed by atoms with Gasteiger partial charge in [0.05, 0.1) is 0 Å². The number of carbonyl (C=O) groups is 1. The van der Waals surface area contributed by atoms with Crippen LogP contribution in [0.15, 0.2) is 65.6 Å². The summed E-state index contributed by atoms with van der Waals surface area (Å²) in [6, 6.07) is 12.6. The fourth-order valence-corrected chi connectivity index (χ4v) is 2.62. The molecule has 134 valence electrons. The predicted octanol–water partition coefficient (Wildman–Crippen LogP) is 2.56. The molecule has 0 aliphatic carbocycles. The highest BCUT2D eigenvalue weighted by Crippen LogP contribution is 2.18. The van der Waals surface area contributed by atoms with Gasteiger partial charge in [0.2, 0.25) is 0 Å². The Morgan fingerprint density at radius 2 is 2.00 bits per heavy atom. The number of nitrogens with zero attached hydrogens (tertiary/aromatic N) is 5. The first-order chi connectivity index (χ1) is 13.2. The smallest absolute Gasteiger partial charge is 0.257 e. The second-order valence-corrected chi connectivity index (χ2v) is 5.84. The van der Waals surface area contributed by atoms with Gasteiger partial charge in [0.25, 0.3) is 11.8 Å². The van der Waals surface area contributed by atoms with Crippen molar-refractivity contribution in [2.75, 3.05) is 0 Å². The third kappa shape index (κ3) is 3.59. The molecule has 0 aliphatic heterocycles. The number of rotatable bonds is 5. The molecule has 8 heteroatoms. The average molecular weight is 360 g/mol. The number of aryl methyl sites for hydroxylation is 1. The number of aromatic nitrogens is 5. The van der Waals surface area contributed by atoms with Gasteiger partial charge in [-0.3, -0.25) is 4.79 Å². The topological polar surface area (TPSA) is 98.7 Å². The molecule has 1 amide bonds. The van der Waals surface area contributed by atoms with Crippen molar-refractivity contribution in [2.24, 2.45) is 0 Å². The fraction of sp³-hybridized carbons (Fsp3) is 0.105. The maximum absolute atomic E-state index is 12.5. The van der Waals surface area contributed by atoms with Crippen LogP contribution in [-0.2, 0) is 6.54 Å². The number of hydrogen-bond acceptors (Lipinski definition) is 6. The van der Waals surface area contributed by atoms with E-state index in [1.807, 2.05) is 24.4 Å². The number of carbonyl (C=O) groups excluding carboxylic acids is 1. The molecule has 0 unspecified atom stereocenters. The molecule has 3 aromatic heterocycles. The minimum atomic E-state index is -0.182. The van der Waals surface area contributed by atoms with Crippen LogP contribution in [0, 0.1) is 6.92 Å². The summed E-state index contributed by atoms with van der Waals surface area (Å²) in [6.45, 7) is 2.09. The Labute approximate surface area is 154 Å². The van der Waals surface area contributed by atoms with Gasteiger partial charge in [0, 0.05) is 41.8 Å². The zero-order valence-electron chi connectivity index (χ0n) is 14.5. The van der Waals surface area contributed by atoms with Crippen LogP contribution >= 0.6 is 0 Å². The van der Waals surface area contributed by atoms with E-state index in [9.17, 15) is 4.79 Å². The molecule has 0 atom stereocenters. The monoisotopic (exact) mass is 360 g/mol. The molecule has 1 aromatic carbocycles. The van der Waals surface area contributed by atoms with Crippen molar-refractivity contribution >= 4 is 5.91 Å². The zero-order valence-corrected chi connectivity index (χ0v) is 14.5. The second-order valence-electron chi connectivity index (χ2n) is 5.84. The quantitative estimate of drug-likeness (QED) is 0.587. The van der Waals surface area contributed by atoms with Crippen LogP contribution in [0.25, 0.3) is 17.3 Å². The molecule has 0 saturated carbocycles. The van der Waals surface area contributed by atoms with Crippen molar-refractivity contribution in [3.05, 3.63) is 78.0 Å². The molecule has 3 heterocycles. The van der Waals surface area contributed by atoms with Crippen LogP contribution in [0.4, 0.5) is 0 Å². The molecule has 0 bridgehead atoms. The third-order valence-corrected chi connectivity index (χ3v) is 3.95. The van der Waals surface area contributed by atoms with Gasteiger partial charge in [-0.15, -0.1) is 0 Å². The van der Waals surface area contributed by atoms with Gasteiger partial charge in [0.15, 0.2) is 11.6 Å². The lowest BCUT2D eigenvalue weighted by Gasteiger charge is -2.10. The minimum Gasteiger partial charge on any atom is -0.348 e. The lowest BCUT2D eigenvalue weighted by atomic mass is 10.1. The first-order valence-corrected chi connectivity index (χ1v) is 8.33. The molecule has 4 aromatic rings. The molecule has 0 saturated heterocycles. The van der Waals surface area contributed by atoms with Crippen LogP contribution in [0.1, 0.15) is 21.7 Å². The van der Waals surface area contributed by atoms with Gasteiger partial charge in [-0.1, -0.05) is 11.2 Å². The van der Waals surface area contributed by atoms with E-state index in [0.29, 0.717) is 29.6 Å². The molecule has 8 nitrogen and oxygen atoms in total. The van der Waals surface area contributed by atoms with Gasteiger partial charge < -0.3 is 9.84 Å². The summed E-state index contributed by atoms with van der Waals surface area (Å²) in [6.07, 6.45) is 5.19. The van der Waals surface area contributed by atoms with Gasteiger partial charge in [0.1, 0.15) is 0 Å². The second kappa shape index (κ2) is 7.20. The third-order valence-electron chi connectivity index (χ3n) is 3.95. The molecule has 1 N–H and O–H groups in total. The van der Waals surface area contributed by atoms with Crippen LogP contribution < -0.4 is 5.32 Å². The predicted molar refractivity (Wildman–Crippen MR) is 97.0 cm³/mol. The van der Waals surface area contributed by atoms with Gasteiger partial charge in [-0.05, 0) is 43.3 Å². The molecular weight excluding hydrogens is 344 g/mol. The first kappa shape index (κ1) is 16.6. The number of amides is 1. The fourth-order valence-electron chi connectivity index (χ4n) is 2.62. The van der Waals surface area contributed by atoms with Crippen molar-refractivity contribution in [3.63, 3.8) is 0 Å². The maximum Gasteiger partial charge on any atom is 0.257 e. The highest BCUT2D eigenvalue weighted by atomic mass is 16.5. The molecule has 0 fully saturated rings. The van der Waals surface area contributed by atoms with Crippen molar-refractivity contribution in [1.82, 2.24) is 30.2 Å². The standard InChI is InChI=1S/C19H16N6O2/c1-13-23-19(27-24-13)15-7-5-14(6-8-15)18(26)21-12-16-4-2-9-20-17(16)25-11-3-10-22-25/h2-11H,12H2,1H3,(H,21,26). The SMILES string of the molecule is Cc1noc(-c2ccc(C(=O)NCc3cccnc3-n3cccn3)cc2)n1. The Bertz CT molecular complexity index is 1050. The van der Waals surface area contributed by atoms with E-state index >= 15 is 0 Å². The summed E-state index contributed by atoms with van der Waals surface area (Å²) in [5.74, 6) is 1.50. The van der Waals surface area contributed by atoms with E-state index in [0.717, 1.165) is 11.1 Å². The highest BCUT2D eigenvalue weighted by molar-refractivity contribution is 5.94. The Kier molecular flexibility index (Phi) is 4.44. The van der Waals surface area contributed by atoms with Crippen molar-refractivity contribution in [1.29, 1.82) is 0 Å². The molecule has 4 rings (SSSR count). The zero-order chi connectivity index (χ0) is 18.6. The Morgan fingerprint density at radius 1 is 1.15 bits per heavy atom. The van der Waals surface area contributed by atoms with Gasteiger partial charge in [-0.25, -0.2) is 9.67 Å². The first-order valence-electron chi connectivity index (χ1n) is 8.33. The Balaban J connectivity index is 1.46. The number of pyridine rings is 1. The van der Waals surface area contributed by atoms with Crippen LogP contribution in [0.2, 0.25) is 0 Å². The lowest BCUT2D eigenvalue weighted by molar-refractivity contribution is 0.0951. The van der Waals surface area contributed by atoms with Crippen LogP contribution in [0.5, 0.6) is 0 Å². The number of nitrogens with one attached hydrogen (secondary N) is 1. The van der Waals surface area contributed by atoms with E-state index in [-0.39, 0.29) is 5.91 Å². The van der Waals surface area contributed by atoms with E-state index in [2.05, 4.69) is 25.5 Å². The summed E-state index contributed by atoms with van der Waals surface area (Å²) in [5.41, 5.74) is 2.17. The normalized spacial score (nSPS) is 10.7. The van der Waals surface area contributed by atoms with Crippen LogP contribution in [0.3, 0.4) is 0 Å². The summed E-state index contributed by atoms with van der Waals surface area (Å²) >= 11 is 0. The van der Waals surface area contributed by atoms with E-state index in [4.69, 9.17) is 4.52 Å². The van der Waals surface area contributed by atoms with Crippen molar-refractivity contribution in [2.45, 2.75) is 13.5 Å². The minimum absolute atomic E-state index is 0.182. The van der Waals surface area contributed by atoms with Crippen molar-refractivity contribution < 1.29 is 9.32 Å². The summed E-state index contributed by atoms with van der Waals surface area (Å²) in [5, 5.41) is 10.9. The molecule has 0 aliphatic rings. The molecular formula is C19H16N6O2. The largest absolute Gasteiger partial charge is 0.348 e. The van der Waals surface area contributed by atoms with Gasteiger partial charge in [-0.2, -0.15) is 10.1 Å².